The minimum Gasteiger partial charge on any atom is -0.504 e. The lowest BCUT2D eigenvalue weighted by molar-refractivity contribution is -0.143. The van der Waals surface area contributed by atoms with Crippen molar-refractivity contribution < 1.29 is 50.4 Å². The summed E-state index contributed by atoms with van der Waals surface area (Å²) in [5.74, 6) is 1.13. The highest BCUT2D eigenvalue weighted by molar-refractivity contribution is 6.10. The first kappa shape index (κ1) is 33.2. The highest BCUT2D eigenvalue weighted by Crippen LogP contribution is 2.61. The molecular formula is C39H30F6O5. The van der Waals surface area contributed by atoms with Gasteiger partial charge >= 0.3 is 12.4 Å². The van der Waals surface area contributed by atoms with Crippen molar-refractivity contribution in [1.29, 1.82) is 0 Å². The van der Waals surface area contributed by atoms with E-state index in [1.807, 2.05) is 24.3 Å². The molecule has 7 rings (SSSR count). The summed E-state index contributed by atoms with van der Waals surface area (Å²) < 4.78 is 110. The number of alkyl halides is 6. The number of fused-ring (bicyclic) bond motifs is 8. The van der Waals surface area contributed by atoms with Gasteiger partial charge < -0.3 is 24.1 Å². The van der Waals surface area contributed by atoms with Gasteiger partial charge in [-0.2, -0.15) is 26.3 Å². The molecule has 0 saturated carbocycles. The average molecular weight is 693 g/mol. The molecule has 11 heteroatoms. The first-order valence-electron chi connectivity index (χ1n) is 15.5. The maximum Gasteiger partial charge on any atom is 0.416 e. The van der Waals surface area contributed by atoms with Crippen molar-refractivity contribution in [3.8, 4) is 39.9 Å². The number of benzene rings is 5. The van der Waals surface area contributed by atoms with E-state index in [0.717, 1.165) is 6.07 Å². The van der Waals surface area contributed by atoms with Gasteiger partial charge in [0.15, 0.2) is 17.1 Å². The summed E-state index contributed by atoms with van der Waals surface area (Å²) >= 11 is 0. The smallest absolute Gasteiger partial charge is 0.416 e. The van der Waals surface area contributed by atoms with Crippen molar-refractivity contribution in [3.63, 3.8) is 0 Å². The van der Waals surface area contributed by atoms with Crippen molar-refractivity contribution in [2.24, 2.45) is 0 Å². The Hall–Kier alpha value is -5.32. The van der Waals surface area contributed by atoms with Crippen LogP contribution in [0.5, 0.6) is 28.7 Å². The molecule has 5 aromatic carbocycles. The number of ether oxygens (including phenoxy) is 4. The molecule has 0 atom stereocenters. The van der Waals surface area contributed by atoms with Crippen LogP contribution in [0.25, 0.3) is 28.0 Å². The van der Waals surface area contributed by atoms with E-state index in [4.69, 9.17) is 18.9 Å². The van der Waals surface area contributed by atoms with E-state index in [0.29, 0.717) is 39.1 Å². The molecule has 0 spiro atoms. The Bertz CT molecular complexity index is 2150. The molecule has 0 fully saturated rings. The minimum absolute atomic E-state index is 0.0369. The van der Waals surface area contributed by atoms with Crippen molar-refractivity contribution in [2.75, 3.05) is 21.3 Å². The Kier molecular flexibility index (Phi) is 7.37. The van der Waals surface area contributed by atoms with Crippen molar-refractivity contribution in [3.05, 3.63) is 118 Å². The van der Waals surface area contributed by atoms with Gasteiger partial charge in [0.2, 0.25) is 0 Å². The largest absolute Gasteiger partial charge is 0.504 e. The van der Waals surface area contributed by atoms with Gasteiger partial charge in [-0.15, -0.1) is 0 Å². The second kappa shape index (κ2) is 11.1. The molecule has 1 aliphatic heterocycles. The van der Waals surface area contributed by atoms with Crippen molar-refractivity contribution in [2.45, 2.75) is 37.2 Å². The normalized spacial score (nSPS) is 15.6. The van der Waals surface area contributed by atoms with Gasteiger partial charge in [-0.25, -0.2) is 0 Å². The number of aromatic hydroxyl groups is 1. The number of phenolic OH excluding ortho intramolecular Hbond substituents is 1. The molecule has 0 unspecified atom stereocenters. The second-order valence-electron chi connectivity index (χ2n) is 12.8. The molecule has 1 aliphatic carbocycles. The molecule has 5 nitrogen and oxygen atoms in total. The first-order valence-corrected chi connectivity index (χ1v) is 15.5. The molecule has 2 aliphatic rings. The van der Waals surface area contributed by atoms with E-state index >= 15 is 0 Å². The predicted molar refractivity (Wildman–Crippen MR) is 176 cm³/mol. The van der Waals surface area contributed by atoms with Gasteiger partial charge in [-0.1, -0.05) is 44.2 Å². The summed E-state index contributed by atoms with van der Waals surface area (Å²) in [6.45, 7) is 3.11. The van der Waals surface area contributed by atoms with Crippen LogP contribution in [0.3, 0.4) is 0 Å². The summed E-state index contributed by atoms with van der Waals surface area (Å²) in [5.41, 5.74) is -3.86. The van der Waals surface area contributed by atoms with E-state index in [9.17, 15) is 31.4 Å². The molecular weight excluding hydrogens is 662 g/mol. The van der Waals surface area contributed by atoms with Crippen LogP contribution in [0.2, 0.25) is 0 Å². The van der Waals surface area contributed by atoms with Gasteiger partial charge in [-0.05, 0) is 82.2 Å². The number of methoxy groups -OCH3 is 3. The Balaban J connectivity index is 1.60. The van der Waals surface area contributed by atoms with Crippen LogP contribution in [0.4, 0.5) is 26.3 Å². The quantitative estimate of drug-likeness (QED) is 0.186. The van der Waals surface area contributed by atoms with Gasteiger partial charge in [0, 0.05) is 27.5 Å². The lowest BCUT2D eigenvalue weighted by atomic mass is 9.75. The molecule has 1 heterocycles. The fourth-order valence-corrected chi connectivity index (χ4v) is 7.43. The maximum absolute atomic E-state index is 14.7. The summed E-state index contributed by atoms with van der Waals surface area (Å²) in [6, 6.07) is 18.1. The molecule has 0 bridgehead atoms. The lowest BCUT2D eigenvalue weighted by Crippen LogP contribution is -2.35. The van der Waals surface area contributed by atoms with Crippen LogP contribution >= 0.6 is 0 Å². The summed E-state index contributed by atoms with van der Waals surface area (Å²) in [4.78, 5) is 0. The van der Waals surface area contributed by atoms with Gasteiger partial charge in [-0.3, -0.25) is 0 Å². The van der Waals surface area contributed by atoms with Crippen molar-refractivity contribution in [1.82, 2.24) is 0 Å². The first-order chi connectivity index (χ1) is 23.5. The molecule has 0 amide bonds. The minimum atomic E-state index is -5.10. The van der Waals surface area contributed by atoms with Crippen LogP contribution < -0.4 is 18.9 Å². The fraction of sp³-hybridized carbons (Fsp3) is 0.231. The molecule has 50 heavy (non-hydrogen) atoms. The third kappa shape index (κ3) is 4.85. The van der Waals surface area contributed by atoms with E-state index < -0.39 is 34.5 Å². The molecule has 5 aromatic rings. The van der Waals surface area contributed by atoms with E-state index in [1.54, 1.807) is 64.5 Å². The molecule has 0 aromatic heterocycles. The van der Waals surface area contributed by atoms with E-state index in [-0.39, 0.29) is 45.4 Å². The summed E-state index contributed by atoms with van der Waals surface area (Å²) in [6.07, 6.45) is -6.63. The number of rotatable bonds is 5. The van der Waals surface area contributed by atoms with Crippen LogP contribution in [0, 0.1) is 0 Å². The summed E-state index contributed by atoms with van der Waals surface area (Å²) in [7, 11) is 4.42. The topological polar surface area (TPSA) is 57.2 Å². The van der Waals surface area contributed by atoms with E-state index in [1.165, 1.54) is 19.2 Å². The monoisotopic (exact) mass is 692 g/mol. The summed E-state index contributed by atoms with van der Waals surface area (Å²) in [5, 5.41) is 11.5. The molecule has 1 N–H and O–H groups in total. The second-order valence-corrected chi connectivity index (χ2v) is 12.8. The maximum atomic E-state index is 14.7. The fourth-order valence-electron chi connectivity index (χ4n) is 7.43. The van der Waals surface area contributed by atoms with Gasteiger partial charge in [0.05, 0.1) is 32.5 Å². The SMILES string of the molecule is COc1ccc(C2(c3ccc(OC)cc3)C=Cc3c4c(c5cc(O)c(OC)cc5c3O2)-c2cc(C(F)(F)F)cc(C(F)(F)F)c2C4(C)C)cc1. The molecule has 258 valence electrons. The van der Waals surface area contributed by atoms with Gasteiger partial charge in [0.25, 0.3) is 0 Å². The average Bonchev–Trinajstić information content (AvgIpc) is 3.33. The van der Waals surface area contributed by atoms with Crippen LogP contribution in [0.15, 0.2) is 78.9 Å². The zero-order valence-electron chi connectivity index (χ0n) is 27.4. The Morgan fingerprint density at radius 3 is 1.76 bits per heavy atom. The van der Waals surface area contributed by atoms with Crippen LogP contribution in [-0.4, -0.2) is 26.4 Å². The molecule has 0 saturated heterocycles. The molecule has 0 radical (unpaired) electrons. The van der Waals surface area contributed by atoms with Crippen LogP contribution in [0.1, 0.15) is 52.8 Å². The third-order valence-electron chi connectivity index (χ3n) is 9.67. The third-order valence-corrected chi connectivity index (χ3v) is 9.67. The standard InChI is InChI=1S/C39H30F6O5/c1-36(2)33-28(16-22(38(40,41)42)17-29(33)39(43,44)45)32-26-18-30(46)31(49-5)19-27(26)35-25(34(32)36)14-15-37(50-35,20-6-10-23(47-3)11-7-20)21-8-12-24(48-4)13-9-21/h6-19,46H,1-5H3. The predicted octanol–water partition coefficient (Wildman–Crippen LogP) is 10.3. The number of hydrogen-bond donors (Lipinski definition) is 1. The zero-order valence-corrected chi connectivity index (χ0v) is 27.4. The highest BCUT2D eigenvalue weighted by Gasteiger charge is 2.50. The Morgan fingerprint density at radius 1 is 0.680 bits per heavy atom. The number of phenols is 1. The Morgan fingerprint density at radius 2 is 1.26 bits per heavy atom. The number of halogens is 6. The lowest BCUT2D eigenvalue weighted by Gasteiger charge is -2.38. The highest BCUT2D eigenvalue weighted by atomic mass is 19.4. The van der Waals surface area contributed by atoms with E-state index in [2.05, 4.69) is 0 Å². The van der Waals surface area contributed by atoms with Crippen LogP contribution in [-0.2, 0) is 23.4 Å². The Labute approximate surface area is 283 Å². The number of hydrogen-bond acceptors (Lipinski definition) is 5. The van der Waals surface area contributed by atoms with Crippen molar-refractivity contribution >= 4 is 16.8 Å². The zero-order chi connectivity index (χ0) is 36.0. The van der Waals surface area contributed by atoms with Gasteiger partial charge in [0.1, 0.15) is 17.2 Å².